The summed E-state index contributed by atoms with van der Waals surface area (Å²) in [5.74, 6) is -0.277. The molecule has 0 aliphatic heterocycles. The summed E-state index contributed by atoms with van der Waals surface area (Å²) < 4.78 is 10.2. The largest absolute Gasteiger partial charge is 0.466 e. The zero-order chi connectivity index (χ0) is 15.9. The molecule has 0 N–H and O–H groups in total. The molecule has 0 aromatic heterocycles. The molecular weight excluding hydrogens is 258 g/mol. The van der Waals surface area contributed by atoms with Gasteiger partial charge in [0.2, 0.25) is 0 Å². The number of nitrogens with zero attached hydrogens (tertiary/aromatic N) is 1. The minimum absolute atomic E-state index is 0.198. The Bertz CT molecular complexity index is 376. The van der Waals surface area contributed by atoms with Crippen LogP contribution in [-0.4, -0.2) is 42.8 Å². The minimum Gasteiger partial charge on any atom is -0.466 e. The van der Waals surface area contributed by atoms with Gasteiger partial charge in [-0.1, -0.05) is 5.57 Å². The van der Waals surface area contributed by atoms with Gasteiger partial charge in [0, 0.05) is 13.6 Å². The zero-order valence-electron chi connectivity index (χ0n) is 13.7. The molecule has 0 heterocycles. The molecule has 1 amide bonds. The van der Waals surface area contributed by atoms with Gasteiger partial charge in [0.1, 0.15) is 5.60 Å². The molecule has 0 rings (SSSR count). The lowest BCUT2D eigenvalue weighted by Crippen LogP contribution is -2.35. The fourth-order valence-corrected chi connectivity index (χ4v) is 1.47. The number of carbonyl (C=O) groups is 2. The molecule has 0 aliphatic carbocycles. The van der Waals surface area contributed by atoms with E-state index in [1.807, 2.05) is 34.6 Å². The zero-order valence-corrected chi connectivity index (χ0v) is 13.7. The summed E-state index contributed by atoms with van der Waals surface area (Å²) in [6.45, 7) is 11.8. The van der Waals surface area contributed by atoms with Crippen LogP contribution >= 0.6 is 0 Å². The minimum atomic E-state index is -0.530. The fraction of sp³-hybridized carbons (Fsp3) is 0.733. The van der Waals surface area contributed by atoms with Crippen molar-refractivity contribution < 1.29 is 19.1 Å². The predicted molar refractivity (Wildman–Crippen MR) is 78.5 cm³/mol. The average Bonchev–Trinajstić information content (AvgIpc) is 2.25. The molecule has 0 aromatic carbocycles. The molecule has 116 valence electrons. The first-order valence-electron chi connectivity index (χ1n) is 6.81. The standard InChI is InChI=1S/C15H27NO4/c1-8-19-13(17)9-12(11(2)3)10-16(7)14(18)20-15(4,5)6/h8-10H2,1-7H3. The van der Waals surface area contributed by atoms with Crippen LogP contribution in [0.15, 0.2) is 11.1 Å². The van der Waals surface area contributed by atoms with Gasteiger partial charge in [0.25, 0.3) is 0 Å². The van der Waals surface area contributed by atoms with E-state index in [0.717, 1.165) is 11.1 Å². The third-order valence-corrected chi connectivity index (χ3v) is 2.50. The lowest BCUT2D eigenvalue weighted by Gasteiger charge is -2.25. The van der Waals surface area contributed by atoms with Crippen molar-refractivity contribution in [2.24, 2.45) is 0 Å². The van der Waals surface area contributed by atoms with Gasteiger partial charge in [-0.05, 0) is 47.1 Å². The highest BCUT2D eigenvalue weighted by Gasteiger charge is 2.21. The van der Waals surface area contributed by atoms with Crippen molar-refractivity contribution in [1.29, 1.82) is 0 Å². The molecule has 20 heavy (non-hydrogen) atoms. The van der Waals surface area contributed by atoms with Gasteiger partial charge in [-0.3, -0.25) is 4.79 Å². The summed E-state index contributed by atoms with van der Waals surface area (Å²) in [7, 11) is 1.65. The molecule has 0 saturated carbocycles. The third-order valence-electron chi connectivity index (χ3n) is 2.50. The van der Waals surface area contributed by atoms with Crippen LogP contribution in [0.2, 0.25) is 0 Å². The van der Waals surface area contributed by atoms with Crippen molar-refractivity contribution in [1.82, 2.24) is 4.90 Å². The molecule has 0 spiro atoms. The number of carbonyl (C=O) groups excluding carboxylic acids is 2. The molecular formula is C15H27NO4. The van der Waals surface area contributed by atoms with E-state index in [-0.39, 0.29) is 12.4 Å². The summed E-state index contributed by atoms with van der Waals surface area (Å²) >= 11 is 0. The van der Waals surface area contributed by atoms with Gasteiger partial charge in [-0.2, -0.15) is 0 Å². The highest BCUT2D eigenvalue weighted by molar-refractivity contribution is 5.73. The van der Waals surface area contributed by atoms with Gasteiger partial charge in [-0.25, -0.2) is 4.79 Å². The second-order valence-corrected chi connectivity index (χ2v) is 5.92. The van der Waals surface area contributed by atoms with Gasteiger partial charge < -0.3 is 14.4 Å². The Morgan fingerprint density at radius 3 is 2.10 bits per heavy atom. The van der Waals surface area contributed by atoms with Crippen LogP contribution in [0.25, 0.3) is 0 Å². The summed E-state index contributed by atoms with van der Waals surface area (Å²) in [4.78, 5) is 24.9. The molecule has 0 bridgehead atoms. The lowest BCUT2D eigenvalue weighted by atomic mass is 10.1. The Kier molecular flexibility index (Phi) is 7.32. The van der Waals surface area contributed by atoms with Gasteiger partial charge >= 0.3 is 12.1 Å². The Labute approximate surface area is 121 Å². The maximum absolute atomic E-state index is 11.9. The molecule has 5 heteroatoms. The predicted octanol–water partition coefficient (Wildman–Crippen LogP) is 3.14. The quantitative estimate of drug-likeness (QED) is 0.575. The van der Waals surface area contributed by atoms with E-state index in [0.29, 0.717) is 13.2 Å². The molecule has 0 atom stereocenters. The van der Waals surface area contributed by atoms with Gasteiger partial charge in [0.15, 0.2) is 0 Å². The molecule has 0 aliphatic rings. The summed E-state index contributed by atoms with van der Waals surface area (Å²) in [5.41, 5.74) is 1.35. The number of likely N-dealkylation sites (N-methyl/N-ethyl adjacent to an activating group) is 1. The Hall–Kier alpha value is -1.52. The summed E-state index contributed by atoms with van der Waals surface area (Å²) in [5, 5.41) is 0. The topological polar surface area (TPSA) is 55.8 Å². The third kappa shape index (κ3) is 7.81. The van der Waals surface area contributed by atoms with Crippen LogP contribution in [0.5, 0.6) is 0 Å². The van der Waals surface area contributed by atoms with E-state index >= 15 is 0 Å². The van der Waals surface area contributed by atoms with Crippen LogP contribution in [-0.2, 0) is 14.3 Å². The SMILES string of the molecule is CCOC(=O)CC(CN(C)C(=O)OC(C)(C)C)=C(C)C. The molecule has 0 unspecified atom stereocenters. The number of ether oxygens (including phenoxy) is 2. The summed E-state index contributed by atoms with van der Waals surface area (Å²) in [6, 6.07) is 0. The Balaban J connectivity index is 4.66. The maximum atomic E-state index is 11.9. The number of allylic oxidation sites excluding steroid dienone is 1. The Morgan fingerprint density at radius 1 is 1.15 bits per heavy atom. The van der Waals surface area contributed by atoms with Crippen molar-refractivity contribution in [2.45, 2.75) is 53.6 Å². The number of rotatable bonds is 5. The van der Waals surface area contributed by atoms with Gasteiger partial charge in [-0.15, -0.1) is 0 Å². The van der Waals surface area contributed by atoms with E-state index in [1.54, 1.807) is 14.0 Å². The normalized spacial score (nSPS) is 10.8. The molecule has 5 nitrogen and oxygen atoms in total. The molecule has 0 fully saturated rings. The second-order valence-electron chi connectivity index (χ2n) is 5.92. The first-order valence-corrected chi connectivity index (χ1v) is 6.81. The first-order chi connectivity index (χ1) is 9.06. The van der Waals surface area contributed by atoms with Crippen molar-refractivity contribution >= 4 is 12.1 Å². The van der Waals surface area contributed by atoms with Crippen molar-refractivity contribution in [3.63, 3.8) is 0 Å². The van der Waals surface area contributed by atoms with E-state index < -0.39 is 11.7 Å². The Morgan fingerprint density at radius 2 is 1.70 bits per heavy atom. The lowest BCUT2D eigenvalue weighted by molar-refractivity contribution is -0.142. The van der Waals surface area contributed by atoms with Gasteiger partial charge in [0.05, 0.1) is 13.0 Å². The summed E-state index contributed by atoms with van der Waals surface area (Å²) in [6.07, 6.45) is -0.205. The van der Waals surface area contributed by atoms with E-state index in [2.05, 4.69) is 0 Å². The average molecular weight is 285 g/mol. The van der Waals surface area contributed by atoms with Crippen LogP contribution in [0, 0.1) is 0 Å². The number of amides is 1. The second kappa shape index (κ2) is 7.92. The maximum Gasteiger partial charge on any atom is 0.410 e. The number of esters is 1. The molecule has 0 saturated heterocycles. The highest BCUT2D eigenvalue weighted by Crippen LogP contribution is 2.14. The van der Waals surface area contributed by atoms with Crippen molar-refractivity contribution in [3.8, 4) is 0 Å². The smallest absolute Gasteiger partial charge is 0.410 e. The van der Waals surface area contributed by atoms with Crippen LogP contribution < -0.4 is 0 Å². The van der Waals surface area contributed by atoms with Crippen LogP contribution in [0.3, 0.4) is 0 Å². The molecule has 0 aromatic rings. The van der Waals surface area contributed by atoms with E-state index in [1.165, 1.54) is 4.90 Å². The van der Waals surface area contributed by atoms with Crippen LogP contribution in [0.1, 0.15) is 48.0 Å². The monoisotopic (exact) mass is 285 g/mol. The van der Waals surface area contributed by atoms with Crippen molar-refractivity contribution in [2.75, 3.05) is 20.2 Å². The van der Waals surface area contributed by atoms with Crippen molar-refractivity contribution in [3.05, 3.63) is 11.1 Å². The molecule has 0 radical (unpaired) electrons. The fourth-order valence-electron chi connectivity index (χ4n) is 1.47. The van der Waals surface area contributed by atoms with Crippen LogP contribution in [0.4, 0.5) is 4.79 Å². The highest BCUT2D eigenvalue weighted by atomic mass is 16.6. The first kappa shape index (κ1) is 18.5. The number of hydrogen-bond donors (Lipinski definition) is 0. The van der Waals surface area contributed by atoms with E-state index in [9.17, 15) is 9.59 Å². The number of hydrogen-bond acceptors (Lipinski definition) is 4. The van der Waals surface area contributed by atoms with E-state index in [4.69, 9.17) is 9.47 Å².